The summed E-state index contributed by atoms with van der Waals surface area (Å²) in [6.45, 7) is 6.03. The lowest BCUT2D eigenvalue weighted by Gasteiger charge is -2.34. The normalized spacial score (nSPS) is 19.1. The number of rotatable bonds is 5. The van der Waals surface area contributed by atoms with E-state index >= 15 is 0 Å². The predicted octanol–water partition coefficient (Wildman–Crippen LogP) is 0.937. The summed E-state index contributed by atoms with van der Waals surface area (Å²) < 4.78 is 0. The molecule has 6 heteroatoms. The van der Waals surface area contributed by atoms with Gasteiger partial charge in [-0.05, 0) is 32.3 Å². The Bertz CT molecular complexity index is 452. The largest absolute Gasteiger partial charge is 0.353 e. The molecule has 6 nitrogen and oxygen atoms in total. The number of carbonyl (C=O) groups is 1. The molecule has 1 aromatic rings. The molecular weight excluding hydrogens is 266 g/mol. The van der Waals surface area contributed by atoms with Crippen LogP contribution in [-0.2, 0) is 4.79 Å². The smallest absolute Gasteiger partial charge is 0.227 e. The van der Waals surface area contributed by atoms with Gasteiger partial charge in [-0.25, -0.2) is 9.97 Å². The Labute approximate surface area is 126 Å². The second-order valence-corrected chi connectivity index (χ2v) is 5.90. The molecule has 0 aromatic carbocycles. The van der Waals surface area contributed by atoms with E-state index in [1.165, 1.54) is 0 Å². The Balaban J connectivity index is 1.86. The molecular formula is C15H25N5O. The first kappa shape index (κ1) is 15.7. The van der Waals surface area contributed by atoms with Crippen molar-refractivity contribution in [3.63, 3.8) is 0 Å². The summed E-state index contributed by atoms with van der Waals surface area (Å²) in [4.78, 5) is 23.0. The van der Waals surface area contributed by atoms with E-state index in [9.17, 15) is 4.79 Å². The number of nitrogens with zero attached hydrogens (tertiary/aromatic N) is 3. The Morgan fingerprint density at radius 1 is 1.43 bits per heavy atom. The van der Waals surface area contributed by atoms with Crippen LogP contribution < -0.4 is 16.0 Å². The number of piperidine rings is 1. The lowest BCUT2D eigenvalue weighted by molar-refractivity contribution is -0.130. The van der Waals surface area contributed by atoms with Gasteiger partial charge in [-0.15, -0.1) is 0 Å². The number of hydrogen-bond donors (Lipinski definition) is 2. The van der Waals surface area contributed by atoms with E-state index in [2.05, 4.69) is 20.2 Å². The standard InChI is InChI=1S/C15H25N5O/c1-3-15(2,11-16)13(21)19-12-5-9-20(10-6-12)14-17-7-4-8-18-14/h4,7-8,12H,3,5-6,9-11,16H2,1-2H3,(H,19,21). The van der Waals surface area contributed by atoms with Crippen LogP contribution in [0.4, 0.5) is 5.95 Å². The van der Waals surface area contributed by atoms with Gasteiger partial charge in [0.15, 0.2) is 0 Å². The van der Waals surface area contributed by atoms with E-state index < -0.39 is 5.41 Å². The molecule has 0 radical (unpaired) electrons. The molecule has 1 aliphatic rings. The number of anilines is 1. The van der Waals surface area contributed by atoms with Crippen LogP contribution in [0.1, 0.15) is 33.1 Å². The minimum atomic E-state index is -0.459. The summed E-state index contributed by atoms with van der Waals surface area (Å²) in [5, 5.41) is 3.15. The molecule has 116 valence electrons. The number of nitrogens with one attached hydrogen (secondary N) is 1. The maximum atomic E-state index is 12.3. The Hall–Kier alpha value is -1.69. The second-order valence-electron chi connectivity index (χ2n) is 5.90. The van der Waals surface area contributed by atoms with Crippen LogP contribution in [0.25, 0.3) is 0 Å². The van der Waals surface area contributed by atoms with E-state index in [0.717, 1.165) is 38.3 Å². The fraction of sp³-hybridized carbons (Fsp3) is 0.667. The van der Waals surface area contributed by atoms with Crippen LogP contribution in [0.5, 0.6) is 0 Å². The highest BCUT2D eigenvalue weighted by Crippen LogP contribution is 2.21. The van der Waals surface area contributed by atoms with Gasteiger partial charge in [0.2, 0.25) is 11.9 Å². The maximum Gasteiger partial charge on any atom is 0.227 e. The maximum absolute atomic E-state index is 12.3. The fourth-order valence-corrected chi connectivity index (χ4v) is 2.44. The van der Waals surface area contributed by atoms with Crippen molar-refractivity contribution in [1.29, 1.82) is 0 Å². The molecule has 2 rings (SSSR count). The molecule has 1 aromatic heterocycles. The minimum Gasteiger partial charge on any atom is -0.353 e. The summed E-state index contributed by atoms with van der Waals surface area (Å²) in [6.07, 6.45) is 6.09. The van der Waals surface area contributed by atoms with Crippen LogP contribution in [-0.4, -0.2) is 41.6 Å². The average Bonchev–Trinajstić information content (AvgIpc) is 2.55. The summed E-state index contributed by atoms with van der Waals surface area (Å²) in [5.41, 5.74) is 5.28. The molecule has 1 atom stereocenters. The molecule has 0 saturated carbocycles. The summed E-state index contributed by atoms with van der Waals surface area (Å²) >= 11 is 0. The third-order valence-electron chi connectivity index (χ3n) is 4.44. The van der Waals surface area contributed by atoms with Gasteiger partial charge in [0, 0.05) is 38.1 Å². The van der Waals surface area contributed by atoms with Crippen LogP contribution in [0.15, 0.2) is 18.5 Å². The lowest BCUT2D eigenvalue weighted by atomic mass is 9.86. The van der Waals surface area contributed by atoms with Gasteiger partial charge < -0.3 is 16.0 Å². The van der Waals surface area contributed by atoms with Gasteiger partial charge in [-0.1, -0.05) is 6.92 Å². The number of hydrogen-bond acceptors (Lipinski definition) is 5. The summed E-state index contributed by atoms with van der Waals surface area (Å²) in [6, 6.07) is 2.03. The molecule has 0 spiro atoms. The molecule has 3 N–H and O–H groups in total. The lowest BCUT2D eigenvalue weighted by Crippen LogP contribution is -2.51. The third kappa shape index (κ3) is 3.69. The van der Waals surface area contributed by atoms with Crippen molar-refractivity contribution in [2.75, 3.05) is 24.5 Å². The number of amides is 1. The number of aromatic nitrogens is 2. The first-order valence-electron chi connectivity index (χ1n) is 7.62. The van der Waals surface area contributed by atoms with Gasteiger partial charge in [-0.2, -0.15) is 0 Å². The molecule has 0 bridgehead atoms. The van der Waals surface area contributed by atoms with E-state index in [1.807, 2.05) is 19.9 Å². The molecule has 0 aliphatic carbocycles. The van der Waals surface area contributed by atoms with Crippen LogP contribution in [0, 0.1) is 5.41 Å². The molecule has 1 amide bonds. The molecule has 1 unspecified atom stereocenters. The van der Waals surface area contributed by atoms with E-state index in [4.69, 9.17) is 5.73 Å². The molecule has 21 heavy (non-hydrogen) atoms. The molecule has 1 fully saturated rings. The van der Waals surface area contributed by atoms with Gasteiger partial charge in [0.05, 0.1) is 5.41 Å². The van der Waals surface area contributed by atoms with Crippen LogP contribution >= 0.6 is 0 Å². The highest BCUT2D eigenvalue weighted by molar-refractivity contribution is 5.82. The Morgan fingerprint density at radius 3 is 2.57 bits per heavy atom. The summed E-state index contributed by atoms with van der Waals surface area (Å²) in [5.74, 6) is 0.838. The number of carbonyl (C=O) groups excluding carboxylic acids is 1. The van der Waals surface area contributed by atoms with E-state index in [0.29, 0.717) is 6.54 Å². The van der Waals surface area contributed by atoms with Crippen molar-refractivity contribution in [3.05, 3.63) is 18.5 Å². The molecule has 1 saturated heterocycles. The SMILES string of the molecule is CCC(C)(CN)C(=O)NC1CCN(c2ncccn2)CC1. The van der Waals surface area contributed by atoms with Gasteiger partial charge >= 0.3 is 0 Å². The predicted molar refractivity (Wildman–Crippen MR) is 82.9 cm³/mol. The average molecular weight is 291 g/mol. The highest BCUT2D eigenvalue weighted by Gasteiger charge is 2.32. The quantitative estimate of drug-likeness (QED) is 0.843. The van der Waals surface area contributed by atoms with E-state index in [-0.39, 0.29) is 11.9 Å². The van der Waals surface area contributed by atoms with Crippen LogP contribution in [0.3, 0.4) is 0 Å². The van der Waals surface area contributed by atoms with Crippen molar-refractivity contribution >= 4 is 11.9 Å². The summed E-state index contributed by atoms with van der Waals surface area (Å²) in [7, 11) is 0. The zero-order chi connectivity index (χ0) is 15.3. The van der Waals surface area contributed by atoms with E-state index in [1.54, 1.807) is 12.4 Å². The first-order valence-corrected chi connectivity index (χ1v) is 7.62. The van der Waals surface area contributed by atoms with Crippen molar-refractivity contribution in [1.82, 2.24) is 15.3 Å². The van der Waals surface area contributed by atoms with Crippen molar-refractivity contribution in [2.45, 2.75) is 39.2 Å². The topological polar surface area (TPSA) is 84.1 Å². The van der Waals surface area contributed by atoms with Gasteiger partial charge in [-0.3, -0.25) is 4.79 Å². The zero-order valence-corrected chi connectivity index (χ0v) is 12.9. The van der Waals surface area contributed by atoms with Crippen molar-refractivity contribution < 1.29 is 4.79 Å². The molecule has 1 aliphatic heterocycles. The van der Waals surface area contributed by atoms with Crippen molar-refractivity contribution in [2.24, 2.45) is 11.1 Å². The number of nitrogens with two attached hydrogens (primary N) is 1. The fourth-order valence-electron chi connectivity index (χ4n) is 2.44. The third-order valence-corrected chi connectivity index (χ3v) is 4.44. The minimum absolute atomic E-state index is 0.0712. The first-order chi connectivity index (χ1) is 10.1. The van der Waals surface area contributed by atoms with Gasteiger partial charge in [0.1, 0.15) is 0 Å². The Kier molecular flexibility index (Phi) is 5.12. The zero-order valence-electron chi connectivity index (χ0n) is 12.9. The van der Waals surface area contributed by atoms with Crippen LogP contribution in [0.2, 0.25) is 0 Å². The van der Waals surface area contributed by atoms with Gasteiger partial charge in [0.25, 0.3) is 0 Å². The second kappa shape index (κ2) is 6.85. The van der Waals surface area contributed by atoms with Crippen molar-refractivity contribution in [3.8, 4) is 0 Å². The monoisotopic (exact) mass is 291 g/mol. The molecule has 2 heterocycles. The highest BCUT2D eigenvalue weighted by atomic mass is 16.2. The Morgan fingerprint density at radius 2 is 2.05 bits per heavy atom.